The molecule has 2 heterocycles. The van der Waals surface area contributed by atoms with Crippen molar-refractivity contribution >= 4 is 0 Å². The molecule has 98 valence electrons. The first-order valence-corrected chi connectivity index (χ1v) is 6.24. The summed E-state index contributed by atoms with van der Waals surface area (Å²) in [7, 11) is 1.63. The minimum atomic E-state index is -0.562. The van der Waals surface area contributed by atoms with Crippen LogP contribution in [0.2, 0.25) is 0 Å². The van der Waals surface area contributed by atoms with Crippen LogP contribution >= 0.6 is 0 Å². The molecular weight excluding hydrogens is 224 g/mol. The number of ether oxygens (including phenoxy) is 5. The quantitative estimate of drug-likeness (QED) is 0.740. The molecule has 5 heteroatoms. The smallest absolute Gasteiger partial charge is 0.186 e. The maximum Gasteiger partial charge on any atom is 0.186 e. The highest BCUT2D eigenvalue weighted by molar-refractivity contribution is 4.95. The van der Waals surface area contributed by atoms with Gasteiger partial charge in [-0.25, -0.2) is 0 Å². The van der Waals surface area contributed by atoms with E-state index in [1.165, 1.54) is 0 Å². The van der Waals surface area contributed by atoms with Crippen LogP contribution in [-0.4, -0.2) is 50.2 Å². The van der Waals surface area contributed by atoms with Crippen molar-refractivity contribution in [3.8, 4) is 0 Å². The normalized spacial score (nSPS) is 43.9. The van der Waals surface area contributed by atoms with Gasteiger partial charge in [-0.3, -0.25) is 0 Å². The Morgan fingerprint density at radius 2 is 1.88 bits per heavy atom. The Kier molecular flexibility index (Phi) is 2.91. The lowest BCUT2D eigenvalue weighted by Crippen LogP contribution is -2.33. The van der Waals surface area contributed by atoms with E-state index in [1.54, 1.807) is 7.11 Å². The molecule has 5 nitrogen and oxygen atoms in total. The molecule has 1 saturated carbocycles. The minimum absolute atomic E-state index is 0.0892. The molecule has 0 spiro atoms. The van der Waals surface area contributed by atoms with Crippen molar-refractivity contribution in [2.75, 3.05) is 13.7 Å². The molecule has 0 radical (unpaired) electrons. The van der Waals surface area contributed by atoms with Crippen molar-refractivity contribution in [3.63, 3.8) is 0 Å². The highest BCUT2D eigenvalue weighted by Gasteiger charge is 2.55. The summed E-state index contributed by atoms with van der Waals surface area (Å²) in [6.45, 7) is 4.39. The summed E-state index contributed by atoms with van der Waals surface area (Å²) in [5.41, 5.74) is 0. The van der Waals surface area contributed by atoms with Crippen LogP contribution < -0.4 is 0 Å². The SMILES string of the molecule is COC1O[C@H](COC2CC2)[C@H]2OC(C)(C)O[C@@H]12. The number of hydrogen-bond donors (Lipinski definition) is 0. The van der Waals surface area contributed by atoms with Gasteiger partial charge in [0, 0.05) is 7.11 Å². The first-order valence-electron chi connectivity index (χ1n) is 6.24. The largest absolute Gasteiger partial charge is 0.375 e. The zero-order valence-corrected chi connectivity index (χ0v) is 10.5. The molecule has 3 rings (SSSR count). The topological polar surface area (TPSA) is 46.2 Å². The average Bonchev–Trinajstić information content (AvgIpc) is 2.96. The van der Waals surface area contributed by atoms with Gasteiger partial charge in [-0.15, -0.1) is 0 Å². The van der Waals surface area contributed by atoms with Crippen LogP contribution in [0.3, 0.4) is 0 Å². The first-order chi connectivity index (χ1) is 8.09. The molecule has 2 saturated heterocycles. The lowest BCUT2D eigenvalue weighted by Gasteiger charge is -2.23. The molecule has 1 unspecified atom stereocenters. The standard InChI is InChI=1S/C12H20O5/c1-12(2)16-9-8(6-14-7-4-5-7)15-11(13-3)10(9)17-12/h7-11H,4-6H2,1-3H3/t8-,9-,10-,11?/m1/s1. The van der Waals surface area contributed by atoms with E-state index in [0.717, 1.165) is 12.8 Å². The zero-order chi connectivity index (χ0) is 12.0. The molecule has 0 aromatic carbocycles. The molecule has 0 aromatic heterocycles. The van der Waals surface area contributed by atoms with Gasteiger partial charge in [0.2, 0.25) is 0 Å². The lowest BCUT2D eigenvalue weighted by molar-refractivity contribution is -0.232. The van der Waals surface area contributed by atoms with E-state index in [4.69, 9.17) is 23.7 Å². The number of methoxy groups -OCH3 is 1. The first kappa shape index (κ1) is 11.9. The second-order valence-corrected chi connectivity index (χ2v) is 5.38. The van der Waals surface area contributed by atoms with Gasteiger partial charge in [-0.2, -0.15) is 0 Å². The minimum Gasteiger partial charge on any atom is -0.375 e. The number of rotatable bonds is 4. The summed E-state index contributed by atoms with van der Waals surface area (Å²) in [6.07, 6.45) is 2.07. The van der Waals surface area contributed by atoms with E-state index in [9.17, 15) is 0 Å². The van der Waals surface area contributed by atoms with Crippen molar-refractivity contribution in [1.29, 1.82) is 0 Å². The van der Waals surface area contributed by atoms with Crippen LogP contribution in [0.1, 0.15) is 26.7 Å². The summed E-state index contributed by atoms with van der Waals surface area (Å²) in [4.78, 5) is 0. The van der Waals surface area contributed by atoms with Gasteiger partial charge in [-0.1, -0.05) is 0 Å². The maximum atomic E-state index is 5.86. The van der Waals surface area contributed by atoms with Gasteiger partial charge in [0.15, 0.2) is 12.1 Å². The Morgan fingerprint density at radius 3 is 2.53 bits per heavy atom. The van der Waals surface area contributed by atoms with Gasteiger partial charge >= 0.3 is 0 Å². The van der Waals surface area contributed by atoms with Gasteiger partial charge in [0.05, 0.1) is 12.7 Å². The fraction of sp³-hybridized carbons (Fsp3) is 1.00. The van der Waals surface area contributed by atoms with E-state index in [1.807, 2.05) is 13.8 Å². The third-order valence-electron chi connectivity index (χ3n) is 3.36. The average molecular weight is 244 g/mol. The lowest BCUT2D eigenvalue weighted by atomic mass is 10.1. The highest BCUT2D eigenvalue weighted by Crippen LogP contribution is 2.39. The van der Waals surface area contributed by atoms with Crippen molar-refractivity contribution in [3.05, 3.63) is 0 Å². The maximum absolute atomic E-state index is 5.86. The van der Waals surface area contributed by atoms with Gasteiger partial charge < -0.3 is 23.7 Å². The monoisotopic (exact) mass is 244 g/mol. The van der Waals surface area contributed by atoms with Crippen LogP contribution in [0.4, 0.5) is 0 Å². The molecule has 17 heavy (non-hydrogen) atoms. The predicted molar refractivity (Wildman–Crippen MR) is 58.5 cm³/mol. The molecule has 3 fully saturated rings. The number of fused-ring (bicyclic) bond motifs is 1. The Bertz CT molecular complexity index is 289. The fourth-order valence-corrected chi connectivity index (χ4v) is 2.43. The van der Waals surface area contributed by atoms with Crippen LogP contribution in [-0.2, 0) is 23.7 Å². The molecule has 0 amide bonds. The third kappa shape index (κ3) is 2.35. The van der Waals surface area contributed by atoms with Crippen LogP contribution in [0.5, 0.6) is 0 Å². The number of hydrogen-bond acceptors (Lipinski definition) is 5. The fourth-order valence-electron chi connectivity index (χ4n) is 2.43. The van der Waals surface area contributed by atoms with Crippen LogP contribution in [0.15, 0.2) is 0 Å². The highest BCUT2D eigenvalue weighted by atomic mass is 16.8. The molecule has 0 N–H and O–H groups in total. The zero-order valence-electron chi connectivity index (χ0n) is 10.5. The predicted octanol–water partition coefficient (Wildman–Crippen LogP) is 1.06. The van der Waals surface area contributed by atoms with Gasteiger partial charge in [0.1, 0.15) is 18.3 Å². The summed E-state index contributed by atoms with van der Waals surface area (Å²) in [5, 5.41) is 0. The van der Waals surface area contributed by atoms with Crippen molar-refractivity contribution in [1.82, 2.24) is 0 Å². The van der Waals surface area contributed by atoms with Crippen molar-refractivity contribution < 1.29 is 23.7 Å². The second kappa shape index (κ2) is 4.17. The van der Waals surface area contributed by atoms with Crippen LogP contribution in [0, 0.1) is 0 Å². The molecule has 0 bridgehead atoms. The van der Waals surface area contributed by atoms with E-state index in [-0.39, 0.29) is 24.6 Å². The summed E-state index contributed by atoms with van der Waals surface area (Å²) in [6, 6.07) is 0. The molecule has 0 aromatic rings. The molecule has 2 aliphatic heterocycles. The Labute approximate surface area is 101 Å². The Balaban J connectivity index is 1.64. The Morgan fingerprint density at radius 1 is 1.18 bits per heavy atom. The Hall–Kier alpha value is -0.200. The molecule has 3 aliphatic rings. The van der Waals surface area contributed by atoms with E-state index in [2.05, 4.69) is 0 Å². The molecule has 4 atom stereocenters. The molecular formula is C12H20O5. The summed E-state index contributed by atoms with van der Waals surface area (Å²) in [5.74, 6) is -0.562. The summed E-state index contributed by atoms with van der Waals surface area (Å²) >= 11 is 0. The second-order valence-electron chi connectivity index (χ2n) is 5.38. The summed E-state index contributed by atoms with van der Waals surface area (Å²) < 4.78 is 28.4. The van der Waals surface area contributed by atoms with Crippen LogP contribution in [0.25, 0.3) is 0 Å². The van der Waals surface area contributed by atoms with E-state index >= 15 is 0 Å². The molecule has 1 aliphatic carbocycles. The van der Waals surface area contributed by atoms with E-state index in [0.29, 0.717) is 12.7 Å². The van der Waals surface area contributed by atoms with Gasteiger partial charge in [-0.05, 0) is 26.7 Å². The van der Waals surface area contributed by atoms with Crippen molar-refractivity contribution in [2.45, 2.75) is 63.2 Å². The van der Waals surface area contributed by atoms with Gasteiger partial charge in [0.25, 0.3) is 0 Å². The third-order valence-corrected chi connectivity index (χ3v) is 3.36. The van der Waals surface area contributed by atoms with E-state index < -0.39 is 5.79 Å². The van der Waals surface area contributed by atoms with Crippen molar-refractivity contribution in [2.24, 2.45) is 0 Å².